The summed E-state index contributed by atoms with van der Waals surface area (Å²) < 4.78 is 25.8. The lowest BCUT2D eigenvalue weighted by molar-refractivity contribution is 0.0934. The van der Waals surface area contributed by atoms with E-state index in [1.807, 2.05) is 84.6 Å². The molecule has 0 saturated carbocycles. The zero-order valence-electron chi connectivity index (χ0n) is 21.3. The molecule has 0 unspecified atom stereocenters. The Morgan fingerprint density at radius 3 is 2.08 bits per heavy atom. The minimum atomic E-state index is -3.08. The number of fused-ring (bicyclic) bond motifs is 1. The van der Waals surface area contributed by atoms with Crippen molar-refractivity contribution in [2.75, 3.05) is 24.6 Å². The molecular formula is C30H31N3O4S. The van der Waals surface area contributed by atoms with Gasteiger partial charge in [0.05, 0.1) is 28.8 Å². The molecule has 2 heterocycles. The maximum absolute atomic E-state index is 14.1. The molecule has 1 fully saturated rings. The number of nitrogens with zero attached hydrogens (tertiary/aromatic N) is 2. The molecule has 1 aliphatic rings. The molecule has 0 spiro atoms. The summed E-state index contributed by atoms with van der Waals surface area (Å²) in [5.74, 6) is -0.145. The Balaban J connectivity index is 1.69. The second kappa shape index (κ2) is 10.9. The average Bonchev–Trinajstić information content (AvgIpc) is 2.94. The molecule has 4 aromatic rings. The lowest BCUT2D eigenvalue weighted by Gasteiger charge is -2.29. The molecule has 0 radical (unpaired) electrons. The minimum Gasteiger partial charge on any atom is -0.345 e. The fraction of sp³-hybridized carbons (Fsp3) is 0.267. The van der Waals surface area contributed by atoms with E-state index >= 15 is 0 Å². The summed E-state index contributed by atoms with van der Waals surface area (Å²) in [5.41, 5.74) is 2.45. The van der Waals surface area contributed by atoms with Crippen molar-refractivity contribution in [3.8, 4) is 5.69 Å². The molecule has 1 saturated heterocycles. The van der Waals surface area contributed by atoms with Crippen LogP contribution >= 0.6 is 0 Å². The Bertz CT molecular complexity index is 1600. The first-order chi connectivity index (χ1) is 18.4. The topological polar surface area (TPSA) is 88.5 Å². The van der Waals surface area contributed by atoms with Crippen LogP contribution in [-0.4, -0.2) is 48.4 Å². The fourth-order valence-electron chi connectivity index (χ4n) is 5.11. The van der Waals surface area contributed by atoms with Crippen LogP contribution in [-0.2, 0) is 16.4 Å². The van der Waals surface area contributed by atoms with Crippen molar-refractivity contribution < 1.29 is 13.2 Å². The lowest BCUT2D eigenvalue weighted by Crippen LogP contribution is -2.42. The van der Waals surface area contributed by atoms with Gasteiger partial charge in [0.1, 0.15) is 0 Å². The van der Waals surface area contributed by atoms with Crippen molar-refractivity contribution in [2.45, 2.75) is 25.9 Å². The summed E-state index contributed by atoms with van der Waals surface area (Å²) in [6.07, 6.45) is 0.700. The third-order valence-corrected chi connectivity index (χ3v) is 8.76. The molecule has 38 heavy (non-hydrogen) atoms. The normalized spacial score (nSPS) is 16.2. The Labute approximate surface area is 222 Å². The first kappa shape index (κ1) is 25.9. The van der Waals surface area contributed by atoms with Gasteiger partial charge in [-0.1, -0.05) is 73.7 Å². The van der Waals surface area contributed by atoms with E-state index in [1.54, 1.807) is 16.7 Å². The maximum atomic E-state index is 14.1. The quantitative estimate of drug-likeness (QED) is 0.389. The van der Waals surface area contributed by atoms with Gasteiger partial charge in [0, 0.05) is 36.1 Å². The molecule has 1 amide bonds. The fourth-order valence-corrected chi connectivity index (χ4v) is 6.39. The number of hydrogen-bond donors (Lipinski definition) is 1. The van der Waals surface area contributed by atoms with Crippen molar-refractivity contribution in [1.29, 1.82) is 0 Å². The zero-order valence-corrected chi connectivity index (χ0v) is 22.2. The Hall–Kier alpha value is -3.75. The van der Waals surface area contributed by atoms with Crippen LogP contribution in [0, 0.1) is 0 Å². The highest BCUT2D eigenvalue weighted by molar-refractivity contribution is 7.91. The van der Waals surface area contributed by atoms with Gasteiger partial charge in [0.25, 0.3) is 11.5 Å². The first-order valence-electron chi connectivity index (χ1n) is 12.9. The highest BCUT2D eigenvalue weighted by Crippen LogP contribution is 2.26. The van der Waals surface area contributed by atoms with Crippen LogP contribution in [0.1, 0.15) is 41.0 Å². The van der Waals surface area contributed by atoms with E-state index < -0.39 is 9.84 Å². The van der Waals surface area contributed by atoms with E-state index in [-0.39, 0.29) is 35.6 Å². The van der Waals surface area contributed by atoms with E-state index in [1.165, 1.54) is 0 Å². The summed E-state index contributed by atoms with van der Waals surface area (Å²) in [6.45, 7) is 2.99. The van der Waals surface area contributed by atoms with E-state index in [2.05, 4.69) is 5.32 Å². The van der Waals surface area contributed by atoms with Crippen molar-refractivity contribution in [2.24, 2.45) is 0 Å². The summed E-state index contributed by atoms with van der Waals surface area (Å²) in [7, 11) is -3.08. The molecule has 1 N–H and O–H groups in total. The zero-order chi connectivity index (χ0) is 26.7. The molecule has 3 aromatic carbocycles. The van der Waals surface area contributed by atoms with Gasteiger partial charge in [-0.25, -0.2) is 8.42 Å². The standard InChI is InChI=1S/C30H31N3O4S/c1-2-26(22-11-5-3-6-12-22)31-29(34)28-24-15-9-10-16-25(24)30(35)33(23-13-7-4-8-14-23)27(28)21-32-17-19-38(36,37)20-18-32/h3-16,26H,2,17-21H2,1H3,(H,31,34)/t26-/m0/s1. The number of hydrogen-bond acceptors (Lipinski definition) is 5. The molecule has 1 aromatic heterocycles. The van der Waals surface area contributed by atoms with Crippen molar-refractivity contribution >= 4 is 26.5 Å². The Kier molecular flexibility index (Phi) is 7.44. The molecule has 196 valence electrons. The number of para-hydroxylation sites is 1. The highest BCUT2D eigenvalue weighted by atomic mass is 32.2. The number of sulfone groups is 1. The van der Waals surface area contributed by atoms with Gasteiger partial charge in [0.2, 0.25) is 0 Å². The number of nitrogens with one attached hydrogen (secondary N) is 1. The van der Waals surface area contributed by atoms with Crippen molar-refractivity contribution in [1.82, 2.24) is 14.8 Å². The number of rotatable bonds is 7. The van der Waals surface area contributed by atoms with Gasteiger partial charge in [-0.05, 0) is 30.2 Å². The largest absolute Gasteiger partial charge is 0.345 e. The van der Waals surface area contributed by atoms with Gasteiger partial charge < -0.3 is 5.32 Å². The summed E-state index contributed by atoms with van der Waals surface area (Å²) in [6, 6.07) is 26.1. The summed E-state index contributed by atoms with van der Waals surface area (Å²) in [4.78, 5) is 30.0. The highest BCUT2D eigenvalue weighted by Gasteiger charge is 2.28. The number of aromatic nitrogens is 1. The van der Waals surface area contributed by atoms with E-state index in [0.29, 0.717) is 47.2 Å². The van der Waals surface area contributed by atoms with Gasteiger partial charge in [0.15, 0.2) is 9.84 Å². The van der Waals surface area contributed by atoms with Gasteiger partial charge in [-0.3, -0.25) is 19.1 Å². The number of benzene rings is 3. The van der Waals surface area contributed by atoms with Crippen LogP contribution in [0.5, 0.6) is 0 Å². The van der Waals surface area contributed by atoms with Gasteiger partial charge >= 0.3 is 0 Å². The van der Waals surface area contributed by atoms with E-state index in [9.17, 15) is 18.0 Å². The first-order valence-corrected chi connectivity index (χ1v) is 14.7. The second-order valence-corrected chi connectivity index (χ2v) is 11.9. The van der Waals surface area contributed by atoms with Crippen LogP contribution in [0.15, 0.2) is 89.7 Å². The van der Waals surface area contributed by atoms with Crippen molar-refractivity contribution in [3.05, 3.63) is 112 Å². The number of pyridine rings is 1. The summed E-state index contributed by atoms with van der Waals surface area (Å²) in [5, 5.41) is 4.26. The van der Waals surface area contributed by atoms with Gasteiger partial charge in [-0.15, -0.1) is 0 Å². The molecular weight excluding hydrogens is 498 g/mol. The predicted molar refractivity (Wildman–Crippen MR) is 150 cm³/mol. The molecule has 8 heteroatoms. The Morgan fingerprint density at radius 1 is 0.868 bits per heavy atom. The molecule has 1 atom stereocenters. The molecule has 1 aliphatic heterocycles. The predicted octanol–water partition coefficient (Wildman–Crippen LogP) is 4.10. The van der Waals surface area contributed by atoms with Crippen LogP contribution in [0.25, 0.3) is 16.5 Å². The third kappa shape index (κ3) is 5.28. The lowest BCUT2D eigenvalue weighted by atomic mass is 9.99. The maximum Gasteiger partial charge on any atom is 0.263 e. The molecule has 0 aliphatic carbocycles. The van der Waals surface area contributed by atoms with Crippen LogP contribution in [0.3, 0.4) is 0 Å². The van der Waals surface area contributed by atoms with Gasteiger partial charge in [-0.2, -0.15) is 0 Å². The monoisotopic (exact) mass is 529 g/mol. The molecule has 7 nitrogen and oxygen atoms in total. The molecule has 5 rings (SSSR count). The molecule has 0 bridgehead atoms. The smallest absolute Gasteiger partial charge is 0.263 e. The van der Waals surface area contributed by atoms with Crippen LogP contribution < -0.4 is 10.9 Å². The number of carbonyl (C=O) groups is 1. The Morgan fingerprint density at radius 2 is 1.45 bits per heavy atom. The van der Waals surface area contributed by atoms with Crippen LogP contribution in [0.4, 0.5) is 0 Å². The third-order valence-electron chi connectivity index (χ3n) is 7.16. The van der Waals surface area contributed by atoms with Crippen molar-refractivity contribution in [3.63, 3.8) is 0 Å². The minimum absolute atomic E-state index is 0.0591. The number of amides is 1. The summed E-state index contributed by atoms with van der Waals surface area (Å²) >= 11 is 0. The SMILES string of the molecule is CC[C@H](NC(=O)c1c(CN2CCS(=O)(=O)CC2)n(-c2ccccc2)c(=O)c2ccccc12)c1ccccc1. The average molecular weight is 530 g/mol. The van der Waals surface area contributed by atoms with E-state index in [0.717, 1.165) is 5.56 Å². The second-order valence-electron chi connectivity index (χ2n) is 9.62. The van der Waals surface area contributed by atoms with Crippen LogP contribution in [0.2, 0.25) is 0 Å². The van der Waals surface area contributed by atoms with E-state index in [4.69, 9.17) is 0 Å². The number of carbonyl (C=O) groups excluding carboxylic acids is 1.